The minimum absolute atomic E-state index is 0.0226. The van der Waals surface area contributed by atoms with Crippen molar-refractivity contribution in [3.63, 3.8) is 0 Å². The number of carbonyl (C=O) groups is 1. The molecule has 0 saturated heterocycles. The second kappa shape index (κ2) is 9.07. The van der Waals surface area contributed by atoms with Crippen LogP contribution in [0.15, 0.2) is 82.7 Å². The van der Waals surface area contributed by atoms with Gasteiger partial charge >= 0.3 is 0 Å². The van der Waals surface area contributed by atoms with Crippen LogP contribution >= 0.6 is 11.3 Å². The van der Waals surface area contributed by atoms with Crippen LogP contribution in [-0.2, 0) is 16.6 Å². The second-order valence-corrected chi connectivity index (χ2v) is 9.61. The van der Waals surface area contributed by atoms with Gasteiger partial charge in [0.15, 0.2) is 4.80 Å². The Balaban J connectivity index is 1.79. The zero-order valence-corrected chi connectivity index (χ0v) is 18.9. The lowest BCUT2D eigenvalue weighted by molar-refractivity contribution is 0.0995. The number of nitrogens with zero attached hydrogens (tertiary/aromatic N) is 2. The van der Waals surface area contributed by atoms with Gasteiger partial charge < -0.3 is 9.30 Å². The van der Waals surface area contributed by atoms with Gasteiger partial charge in [0.2, 0.25) is 10.0 Å². The van der Waals surface area contributed by atoms with E-state index in [4.69, 9.17) is 9.88 Å². The highest BCUT2D eigenvalue weighted by atomic mass is 32.2. The summed E-state index contributed by atoms with van der Waals surface area (Å²) in [6.45, 7) is 2.65. The minimum Gasteiger partial charge on any atom is -0.457 e. The lowest BCUT2D eigenvalue weighted by Crippen LogP contribution is -2.17. The average molecular weight is 468 g/mol. The molecule has 32 heavy (non-hydrogen) atoms. The monoisotopic (exact) mass is 467 g/mol. The third kappa shape index (κ3) is 4.64. The number of carbonyl (C=O) groups excluding carboxylic acids is 1. The fourth-order valence-electron chi connectivity index (χ4n) is 3.25. The van der Waals surface area contributed by atoms with E-state index in [1.165, 1.54) is 23.5 Å². The van der Waals surface area contributed by atoms with Crippen LogP contribution < -0.4 is 14.7 Å². The lowest BCUT2D eigenvalue weighted by atomic mass is 10.2. The number of thiazole rings is 1. The molecular formula is C23H21N3O4S2. The van der Waals surface area contributed by atoms with Crippen LogP contribution in [0.25, 0.3) is 10.2 Å². The molecule has 0 radical (unpaired) electrons. The van der Waals surface area contributed by atoms with E-state index in [0.717, 1.165) is 11.9 Å². The van der Waals surface area contributed by atoms with E-state index in [1.807, 2.05) is 41.8 Å². The van der Waals surface area contributed by atoms with Crippen molar-refractivity contribution >= 4 is 37.5 Å². The Morgan fingerprint density at radius 2 is 1.78 bits per heavy atom. The van der Waals surface area contributed by atoms with Gasteiger partial charge in [0.1, 0.15) is 11.5 Å². The SMILES string of the molecule is CCCn1c(=NC(=O)c2ccccc2Oc2ccccc2)sc2cc(S(N)(=O)=O)ccc21. The Labute approximate surface area is 189 Å². The summed E-state index contributed by atoms with van der Waals surface area (Å²) in [6, 6.07) is 20.8. The quantitative estimate of drug-likeness (QED) is 0.457. The average Bonchev–Trinajstić information content (AvgIpc) is 3.11. The van der Waals surface area contributed by atoms with E-state index in [1.54, 1.807) is 30.3 Å². The molecule has 0 spiro atoms. The summed E-state index contributed by atoms with van der Waals surface area (Å²) in [6.07, 6.45) is 0.817. The van der Waals surface area contributed by atoms with Crippen molar-refractivity contribution in [1.82, 2.24) is 4.57 Å². The lowest BCUT2D eigenvalue weighted by Gasteiger charge is -2.08. The highest BCUT2D eigenvalue weighted by Crippen LogP contribution is 2.26. The molecule has 0 saturated carbocycles. The fraction of sp³-hybridized carbons (Fsp3) is 0.130. The standard InChI is InChI=1S/C23H21N3O4S2/c1-2-14-26-19-13-12-17(32(24,28)29)15-21(19)31-23(26)25-22(27)18-10-6-7-11-20(18)30-16-8-4-3-5-9-16/h3-13,15H,2,14H2,1H3,(H2,24,28,29). The molecule has 0 unspecified atom stereocenters. The first kappa shape index (κ1) is 21.9. The number of para-hydroxylation sites is 2. The van der Waals surface area contributed by atoms with Crippen molar-refractivity contribution in [2.75, 3.05) is 0 Å². The Kier molecular flexibility index (Phi) is 6.22. The van der Waals surface area contributed by atoms with Crippen LogP contribution in [0.3, 0.4) is 0 Å². The number of aryl methyl sites for hydroxylation is 1. The van der Waals surface area contributed by atoms with Gasteiger partial charge in [0.05, 0.1) is 20.7 Å². The topological polar surface area (TPSA) is 104 Å². The van der Waals surface area contributed by atoms with Crippen molar-refractivity contribution in [2.45, 2.75) is 24.8 Å². The van der Waals surface area contributed by atoms with Crippen LogP contribution in [-0.4, -0.2) is 18.9 Å². The number of amides is 1. The predicted molar refractivity (Wildman–Crippen MR) is 124 cm³/mol. The van der Waals surface area contributed by atoms with E-state index in [-0.39, 0.29) is 4.90 Å². The molecule has 0 bridgehead atoms. The number of benzene rings is 3. The number of fused-ring (bicyclic) bond motifs is 1. The Hall–Kier alpha value is -3.27. The first-order chi connectivity index (χ1) is 15.4. The third-order valence-electron chi connectivity index (χ3n) is 4.72. The molecule has 1 heterocycles. The summed E-state index contributed by atoms with van der Waals surface area (Å²) in [4.78, 5) is 18.0. The van der Waals surface area contributed by atoms with Crippen LogP contribution in [0.1, 0.15) is 23.7 Å². The van der Waals surface area contributed by atoms with Gasteiger partial charge in [0, 0.05) is 6.54 Å². The van der Waals surface area contributed by atoms with Gasteiger partial charge in [-0.3, -0.25) is 4.79 Å². The maximum absolute atomic E-state index is 13.1. The molecule has 4 rings (SSSR count). The van der Waals surface area contributed by atoms with Crippen LogP contribution in [0, 0.1) is 0 Å². The third-order valence-corrected chi connectivity index (χ3v) is 6.67. The number of primary sulfonamides is 1. The molecule has 0 aliphatic carbocycles. The molecule has 0 aliphatic heterocycles. The molecule has 9 heteroatoms. The van der Waals surface area contributed by atoms with Gasteiger partial charge in [-0.25, -0.2) is 13.6 Å². The van der Waals surface area contributed by atoms with E-state index < -0.39 is 15.9 Å². The minimum atomic E-state index is -3.83. The highest BCUT2D eigenvalue weighted by molar-refractivity contribution is 7.89. The Morgan fingerprint density at radius 1 is 1.06 bits per heavy atom. The van der Waals surface area contributed by atoms with Gasteiger partial charge in [-0.15, -0.1) is 0 Å². The van der Waals surface area contributed by atoms with Crippen molar-refractivity contribution in [1.29, 1.82) is 0 Å². The molecule has 0 fully saturated rings. The maximum atomic E-state index is 13.1. The molecule has 0 atom stereocenters. The Morgan fingerprint density at radius 3 is 2.50 bits per heavy atom. The first-order valence-corrected chi connectivity index (χ1v) is 12.3. The predicted octanol–water partition coefficient (Wildman–Crippen LogP) is 4.29. The van der Waals surface area contributed by atoms with Crippen LogP contribution in [0.5, 0.6) is 11.5 Å². The van der Waals surface area contributed by atoms with Crippen LogP contribution in [0.4, 0.5) is 0 Å². The number of ether oxygens (including phenoxy) is 1. The van der Waals surface area contributed by atoms with Gasteiger partial charge in [0.25, 0.3) is 5.91 Å². The molecule has 1 amide bonds. The first-order valence-electron chi connectivity index (χ1n) is 9.94. The van der Waals surface area contributed by atoms with E-state index in [2.05, 4.69) is 4.99 Å². The van der Waals surface area contributed by atoms with Crippen molar-refractivity contribution < 1.29 is 17.9 Å². The molecule has 164 valence electrons. The van der Waals surface area contributed by atoms with E-state index >= 15 is 0 Å². The summed E-state index contributed by atoms with van der Waals surface area (Å²) in [5, 5.41) is 5.27. The summed E-state index contributed by atoms with van der Waals surface area (Å²) in [5.74, 6) is 0.581. The normalized spacial score (nSPS) is 12.2. The summed E-state index contributed by atoms with van der Waals surface area (Å²) < 4.78 is 31.9. The van der Waals surface area contributed by atoms with Gasteiger partial charge in [-0.1, -0.05) is 48.6 Å². The summed E-state index contributed by atoms with van der Waals surface area (Å²) >= 11 is 1.24. The molecule has 1 aromatic heterocycles. The summed E-state index contributed by atoms with van der Waals surface area (Å²) in [5.41, 5.74) is 1.13. The van der Waals surface area contributed by atoms with Crippen molar-refractivity contribution in [2.24, 2.45) is 10.1 Å². The molecule has 0 aliphatic rings. The van der Waals surface area contributed by atoms with Crippen molar-refractivity contribution in [3.8, 4) is 11.5 Å². The number of rotatable bonds is 6. The van der Waals surface area contributed by atoms with E-state index in [0.29, 0.717) is 33.1 Å². The largest absolute Gasteiger partial charge is 0.457 e. The number of sulfonamides is 1. The zero-order valence-electron chi connectivity index (χ0n) is 17.3. The smallest absolute Gasteiger partial charge is 0.283 e. The molecular weight excluding hydrogens is 446 g/mol. The number of hydrogen-bond donors (Lipinski definition) is 1. The summed E-state index contributed by atoms with van der Waals surface area (Å²) in [7, 11) is -3.83. The Bertz CT molecular complexity index is 1460. The van der Waals surface area contributed by atoms with Gasteiger partial charge in [-0.2, -0.15) is 4.99 Å². The van der Waals surface area contributed by atoms with Gasteiger partial charge in [-0.05, 0) is 48.9 Å². The second-order valence-electron chi connectivity index (χ2n) is 7.04. The number of nitrogens with two attached hydrogens (primary N) is 1. The molecule has 7 nitrogen and oxygen atoms in total. The molecule has 4 aromatic rings. The molecule has 2 N–H and O–H groups in total. The number of hydrogen-bond acceptors (Lipinski definition) is 5. The van der Waals surface area contributed by atoms with Crippen molar-refractivity contribution in [3.05, 3.63) is 83.2 Å². The number of aromatic nitrogens is 1. The van der Waals surface area contributed by atoms with Crippen LogP contribution in [0.2, 0.25) is 0 Å². The van der Waals surface area contributed by atoms with E-state index in [9.17, 15) is 13.2 Å². The maximum Gasteiger partial charge on any atom is 0.283 e. The highest BCUT2D eigenvalue weighted by Gasteiger charge is 2.15. The molecule has 3 aromatic carbocycles. The fourth-order valence-corrected chi connectivity index (χ4v) is 4.96. The zero-order chi connectivity index (χ0) is 22.7.